The van der Waals surface area contributed by atoms with Crippen LogP contribution in [-0.4, -0.2) is 51.9 Å². The molecule has 2 N–H and O–H groups in total. The number of anilines is 1. The van der Waals surface area contributed by atoms with E-state index < -0.39 is 0 Å². The van der Waals surface area contributed by atoms with Crippen molar-refractivity contribution in [2.75, 3.05) is 44.8 Å². The van der Waals surface area contributed by atoms with Crippen molar-refractivity contribution in [2.24, 2.45) is 10.9 Å². The van der Waals surface area contributed by atoms with Crippen molar-refractivity contribution in [1.82, 2.24) is 10.6 Å². The summed E-state index contributed by atoms with van der Waals surface area (Å²) in [5, 5.41) is 6.83. The van der Waals surface area contributed by atoms with Crippen LogP contribution in [0.1, 0.15) is 20.3 Å². The first kappa shape index (κ1) is 21.0. The molecule has 0 aromatic heterocycles. The van der Waals surface area contributed by atoms with Crippen LogP contribution in [0, 0.1) is 5.92 Å². The fourth-order valence-electron chi connectivity index (χ4n) is 2.70. The molecule has 2 rings (SSSR count). The van der Waals surface area contributed by atoms with E-state index in [-0.39, 0.29) is 24.0 Å². The molecule has 136 valence electrons. The molecule has 24 heavy (non-hydrogen) atoms. The van der Waals surface area contributed by atoms with Crippen molar-refractivity contribution in [3.8, 4) is 0 Å². The van der Waals surface area contributed by atoms with Gasteiger partial charge >= 0.3 is 0 Å². The van der Waals surface area contributed by atoms with Gasteiger partial charge in [0.25, 0.3) is 0 Å². The quantitative estimate of drug-likeness (QED) is 0.293. The molecule has 0 amide bonds. The van der Waals surface area contributed by atoms with Gasteiger partial charge in [-0.05, 0) is 24.5 Å². The van der Waals surface area contributed by atoms with Crippen LogP contribution in [0.5, 0.6) is 0 Å². The third-order valence-corrected chi connectivity index (χ3v) is 3.86. The van der Waals surface area contributed by atoms with Gasteiger partial charge in [0.05, 0.1) is 6.61 Å². The predicted octanol–water partition coefficient (Wildman–Crippen LogP) is 2.72. The third kappa shape index (κ3) is 7.25. The Morgan fingerprint density at radius 2 is 2.08 bits per heavy atom. The van der Waals surface area contributed by atoms with Gasteiger partial charge in [-0.25, -0.2) is 0 Å². The fraction of sp³-hybridized carbons (Fsp3) is 0.611. The summed E-state index contributed by atoms with van der Waals surface area (Å²) in [6.45, 7) is 8.70. The summed E-state index contributed by atoms with van der Waals surface area (Å²) in [5.41, 5.74) is 1.29. The highest BCUT2D eigenvalue weighted by Gasteiger charge is 2.23. The van der Waals surface area contributed by atoms with Crippen LogP contribution in [0.4, 0.5) is 5.69 Å². The lowest BCUT2D eigenvalue weighted by Crippen LogP contribution is -2.45. The average molecular weight is 446 g/mol. The molecule has 0 bridgehead atoms. The van der Waals surface area contributed by atoms with Gasteiger partial charge in [0, 0.05) is 45.0 Å². The molecule has 5 nitrogen and oxygen atoms in total. The summed E-state index contributed by atoms with van der Waals surface area (Å²) in [4.78, 5) is 6.72. The van der Waals surface area contributed by atoms with Crippen molar-refractivity contribution >= 4 is 35.6 Å². The maximum atomic E-state index is 5.58. The summed E-state index contributed by atoms with van der Waals surface area (Å²) in [6.07, 6.45) is 1.12. The van der Waals surface area contributed by atoms with Gasteiger partial charge in [-0.3, -0.25) is 4.99 Å². The Labute approximate surface area is 163 Å². The number of guanidine groups is 1. The number of benzene rings is 1. The van der Waals surface area contributed by atoms with Crippen LogP contribution in [0.15, 0.2) is 35.3 Å². The SMILES string of the molecule is CN=C(NCCOCC(C)C)NC1CCN(c2ccccc2)C1.I. The molecule has 1 saturated heterocycles. The molecule has 0 spiro atoms. The Balaban J connectivity index is 0.00000288. The molecule has 1 aliphatic heterocycles. The van der Waals surface area contributed by atoms with E-state index in [4.69, 9.17) is 4.74 Å². The van der Waals surface area contributed by atoms with Crippen molar-refractivity contribution in [3.63, 3.8) is 0 Å². The monoisotopic (exact) mass is 446 g/mol. The van der Waals surface area contributed by atoms with E-state index in [1.54, 1.807) is 0 Å². The first-order valence-electron chi connectivity index (χ1n) is 8.54. The molecule has 1 heterocycles. The zero-order chi connectivity index (χ0) is 16.5. The molecule has 1 aliphatic rings. The summed E-state index contributed by atoms with van der Waals surface area (Å²) in [7, 11) is 1.81. The van der Waals surface area contributed by atoms with E-state index in [1.807, 2.05) is 7.05 Å². The number of hydrogen-bond acceptors (Lipinski definition) is 3. The van der Waals surface area contributed by atoms with E-state index in [2.05, 4.69) is 64.7 Å². The standard InChI is InChI=1S/C18H30N4O.HI/c1-15(2)14-23-12-10-20-18(19-3)21-16-9-11-22(13-16)17-7-5-4-6-8-17;/h4-8,15-16H,9-14H2,1-3H3,(H2,19,20,21);1H. The Bertz CT molecular complexity index is 481. The molecule has 6 heteroatoms. The van der Waals surface area contributed by atoms with E-state index in [0.717, 1.165) is 38.6 Å². The molecule has 0 aliphatic carbocycles. The lowest BCUT2D eigenvalue weighted by Gasteiger charge is -2.20. The fourth-order valence-corrected chi connectivity index (χ4v) is 2.70. The van der Waals surface area contributed by atoms with Crippen LogP contribution in [0.25, 0.3) is 0 Å². The Morgan fingerprint density at radius 3 is 2.75 bits per heavy atom. The lowest BCUT2D eigenvalue weighted by molar-refractivity contribution is 0.114. The van der Waals surface area contributed by atoms with E-state index >= 15 is 0 Å². The minimum atomic E-state index is 0. The molecule has 1 atom stereocenters. The van der Waals surface area contributed by atoms with Gasteiger partial charge in [-0.2, -0.15) is 0 Å². The molecule has 1 aromatic carbocycles. The minimum absolute atomic E-state index is 0. The van der Waals surface area contributed by atoms with Crippen LogP contribution in [0.3, 0.4) is 0 Å². The Kier molecular flexibility index (Phi) is 10.1. The van der Waals surface area contributed by atoms with Crippen LogP contribution < -0.4 is 15.5 Å². The number of aliphatic imine (C=N–C) groups is 1. The lowest BCUT2D eigenvalue weighted by atomic mass is 10.2. The first-order chi connectivity index (χ1) is 11.2. The number of rotatable bonds is 7. The van der Waals surface area contributed by atoms with Crippen molar-refractivity contribution in [1.29, 1.82) is 0 Å². The van der Waals surface area contributed by atoms with Crippen molar-refractivity contribution in [2.45, 2.75) is 26.3 Å². The highest BCUT2D eigenvalue weighted by molar-refractivity contribution is 14.0. The zero-order valence-corrected chi connectivity index (χ0v) is 17.3. The average Bonchev–Trinajstić information content (AvgIpc) is 3.02. The van der Waals surface area contributed by atoms with Crippen LogP contribution in [0.2, 0.25) is 0 Å². The molecule has 1 aromatic rings. The van der Waals surface area contributed by atoms with Crippen molar-refractivity contribution < 1.29 is 4.74 Å². The molecular weight excluding hydrogens is 415 g/mol. The molecule has 0 saturated carbocycles. The highest BCUT2D eigenvalue weighted by atomic mass is 127. The largest absolute Gasteiger partial charge is 0.379 e. The van der Waals surface area contributed by atoms with E-state index in [1.165, 1.54) is 5.69 Å². The number of nitrogens with zero attached hydrogens (tertiary/aromatic N) is 2. The normalized spacial score (nSPS) is 17.8. The Morgan fingerprint density at radius 1 is 1.33 bits per heavy atom. The number of para-hydroxylation sites is 1. The minimum Gasteiger partial charge on any atom is -0.379 e. The van der Waals surface area contributed by atoms with Crippen LogP contribution in [-0.2, 0) is 4.74 Å². The summed E-state index contributed by atoms with van der Waals surface area (Å²) in [6, 6.07) is 11.0. The highest BCUT2D eigenvalue weighted by Crippen LogP contribution is 2.19. The van der Waals surface area contributed by atoms with Gasteiger partial charge in [0.1, 0.15) is 0 Å². The van der Waals surface area contributed by atoms with Gasteiger partial charge in [-0.15, -0.1) is 24.0 Å². The summed E-state index contributed by atoms with van der Waals surface area (Å²) >= 11 is 0. The first-order valence-corrected chi connectivity index (χ1v) is 8.54. The Hall–Kier alpha value is -1.02. The molecule has 1 fully saturated rings. The van der Waals surface area contributed by atoms with E-state index in [0.29, 0.717) is 18.6 Å². The van der Waals surface area contributed by atoms with Gasteiger partial charge < -0.3 is 20.3 Å². The smallest absolute Gasteiger partial charge is 0.191 e. The summed E-state index contributed by atoms with van der Waals surface area (Å²) < 4.78 is 5.58. The second kappa shape index (κ2) is 11.5. The van der Waals surface area contributed by atoms with Gasteiger partial charge in [-0.1, -0.05) is 32.0 Å². The molecule has 0 radical (unpaired) electrons. The zero-order valence-electron chi connectivity index (χ0n) is 15.0. The number of ether oxygens (including phenoxy) is 1. The van der Waals surface area contributed by atoms with Gasteiger partial charge in [0.2, 0.25) is 0 Å². The topological polar surface area (TPSA) is 48.9 Å². The number of nitrogens with one attached hydrogen (secondary N) is 2. The van der Waals surface area contributed by atoms with Crippen LogP contribution >= 0.6 is 24.0 Å². The predicted molar refractivity (Wildman–Crippen MR) is 113 cm³/mol. The maximum Gasteiger partial charge on any atom is 0.191 e. The van der Waals surface area contributed by atoms with Crippen molar-refractivity contribution in [3.05, 3.63) is 30.3 Å². The second-order valence-electron chi connectivity index (χ2n) is 6.38. The second-order valence-corrected chi connectivity index (χ2v) is 6.38. The molecule has 1 unspecified atom stereocenters. The van der Waals surface area contributed by atoms with Gasteiger partial charge in [0.15, 0.2) is 5.96 Å². The maximum absolute atomic E-state index is 5.58. The number of halogens is 1. The molecular formula is C18H31IN4O. The third-order valence-electron chi connectivity index (χ3n) is 3.86. The van der Waals surface area contributed by atoms with E-state index in [9.17, 15) is 0 Å². The summed E-state index contributed by atoms with van der Waals surface area (Å²) in [5.74, 6) is 1.44. The number of hydrogen-bond donors (Lipinski definition) is 2.